The van der Waals surface area contributed by atoms with Gasteiger partial charge in [0.25, 0.3) is 0 Å². The minimum Gasteiger partial charge on any atom is -0.497 e. The molecular weight excluding hydrogens is 518 g/mol. The number of hydrogen-bond acceptors (Lipinski definition) is 9. The molecule has 2 aliphatic rings. The number of benzene rings is 1. The number of esters is 1. The van der Waals surface area contributed by atoms with Crippen LogP contribution in [0.4, 0.5) is 4.79 Å². The molecule has 0 bridgehead atoms. The van der Waals surface area contributed by atoms with Gasteiger partial charge >= 0.3 is 12.1 Å². The van der Waals surface area contributed by atoms with Crippen LogP contribution in [0, 0.1) is 5.92 Å². The molecule has 1 saturated heterocycles. The minimum absolute atomic E-state index is 0.0423. The van der Waals surface area contributed by atoms with Crippen molar-refractivity contribution in [2.45, 2.75) is 63.8 Å². The lowest BCUT2D eigenvalue weighted by atomic mass is 10.1. The summed E-state index contributed by atoms with van der Waals surface area (Å²) in [5.74, 6) is -0.394. The van der Waals surface area contributed by atoms with E-state index < -0.39 is 41.3 Å². The number of nitrogens with zero attached hydrogens (tertiary/aromatic N) is 2. The van der Waals surface area contributed by atoms with Gasteiger partial charge in [-0.25, -0.2) is 14.6 Å². The van der Waals surface area contributed by atoms with Gasteiger partial charge in [-0.15, -0.1) is 6.58 Å². The number of carbonyl (C=O) groups is 4. The van der Waals surface area contributed by atoms with E-state index >= 15 is 0 Å². The van der Waals surface area contributed by atoms with E-state index in [1.807, 2.05) is 0 Å². The van der Waals surface area contributed by atoms with Crippen molar-refractivity contribution >= 4 is 35.2 Å². The number of amides is 2. The first-order valence-electron chi connectivity index (χ1n) is 13.2. The highest BCUT2D eigenvalue weighted by atomic mass is 16.6. The smallest absolute Gasteiger partial charge is 0.411 e. The van der Waals surface area contributed by atoms with Gasteiger partial charge in [0.15, 0.2) is 6.29 Å². The van der Waals surface area contributed by atoms with Crippen molar-refractivity contribution in [3.63, 3.8) is 0 Å². The topological polar surface area (TPSA) is 133 Å². The van der Waals surface area contributed by atoms with Crippen molar-refractivity contribution < 1.29 is 38.1 Å². The molecule has 214 valence electrons. The predicted octanol–water partition coefficient (Wildman–Crippen LogP) is 3.44. The van der Waals surface area contributed by atoms with Crippen molar-refractivity contribution in [2.24, 2.45) is 5.92 Å². The number of rotatable bonds is 9. The number of carbonyl (C=O) groups excluding carboxylic acids is 4. The van der Waals surface area contributed by atoms with Gasteiger partial charge in [0.1, 0.15) is 40.5 Å². The fourth-order valence-corrected chi connectivity index (χ4v) is 4.88. The van der Waals surface area contributed by atoms with Crippen molar-refractivity contribution in [3.05, 3.63) is 42.6 Å². The third-order valence-electron chi connectivity index (χ3n) is 6.89. The molecule has 4 rings (SSSR count). The Labute approximate surface area is 232 Å². The number of aldehydes is 1. The van der Waals surface area contributed by atoms with Crippen LogP contribution in [0.1, 0.15) is 51.0 Å². The largest absolute Gasteiger partial charge is 0.497 e. The quantitative estimate of drug-likeness (QED) is 0.282. The molecule has 1 N–H and O–H groups in total. The molecule has 0 unspecified atom stereocenters. The van der Waals surface area contributed by atoms with Crippen molar-refractivity contribution in [3.8, 4) is 11.5 Å². The van der Waals surface area contributed by atoms with E-state index in [-0.39, 0.29) is 31.2 Å². The van der Waals surface area contributed by atoms with Crippen molar-refractivity contribution in [1.82, 2.24) is 15.2 Å². The van der Waals surface area contributed by atoms with Gasteiger partial charge < -0.3 is 24.3 Å². The van der Waals surface area contributed by atoms with Gasteiger partial charge in [-0.1, -0.05) is 6.08 Å². The van der Waals surface area contributed by atoms with E-state index in [1.54, 1.807) is 52.0 Å². The lowest BCUT2D eigenvalue weighted by Gasteiger charge is -2.28. The van der Waals surface area contributed by atoms with Gasteiger partial charge in [-0.2, -0.15) is 0 Å². The summed E-state index contributed by atoms with van der Waals surface area (Å²) in [6, 6.07) is 5.74. The molecule has 0 radical (unpaired) electrons. The van der Waals surface area contributed by atoms with Gasteiger partial charge in [0.2, 0.25) is 5.91 Å². The van der Waals surface area contributed by atoms with Crippen molar-refractivity contribution in [1.29, 1.82) is 0 Å². The van der Waals surface area contributed by atoms with Crippen LogP contribution in [0.3, 0.4) is 0 Å². The molecule has 11 nitrogen and oxygen atoms in total. The summed E-state index contributed by atoms with van der Waals surface area (Å²) in [6.07, 6.45) is 1.41. The average molecular weight is 554 g/mol. The molecule has 40 heavy (non-hydrogen) atoms. The number of likely N-dealkylation sites (tertiary alicyclic amines) is 1. The molecular formula is C29H35N3O8. The van der Waals surface area contributed by atoms with Crippen molar-refractivity contribution in [2.75, 3.05) is 20.3 Å². The predicted molar refractivity (Wildman–Crippen MR) is 145 cm³/mol. The third-order valence-corrected chi connectivity index (χ3v) is 6.89. The fourth-order valence-electron chi connectivity index (χ4n) is 4.88. The van der Waals surface area contributed by atoms with Crippen LogP contribution in [0.25, 0.3) is 10.9 Å². The van der Waals surface area contributed by atoms with Crippen LogP contribution in [0.2, 0.25) is 0 Å². The van der Waals surface area contributed by atoms with E-state index in [1.165, 1.54) is 18.1 Å². The maximum Gasteiger partial charge on any atom is 0.411 e. The number of aromatic nitrogens is 1. The van der Waals surface area contributed by atoms with Crippen LogP contribution in [-0.2, 0) is 19.1 Å². The molecule has 2 heterocycles. The Kier molecular flexibility index (Phi) is 8.04. The standard InChI is InChI=1S/C29H35N3O8/c1-7-17-14-29(17,26(35)38-8-2)31-25(34)23-13-20(15-32(23)27(36)40-28(3,4)5)39-24-11-18(16-33)30-22-12-19(37-6)9-10-21(22)24/h7,9-12,16-17,20,23H,1,8,13-15H2,2-6H3,(H,31,34)/t17-,20-,23+,29-/m1/s1. The van der Waals surface area contributed by atoms with Gasteiger partial charge in [-0.05, 0) is 46.2 Å². The zero-order valence-corrected chi connectivity index (χ0v) is 23.4. The van der Waals surface area contributed by atoms with Gasteiger partial charge in [0.05, 0.1) is 25.8 Å². The van der Waals surface area contributed by atoms with Crippen LogP contribution >= 0.6 is 0 Å². The van der Waals surface area contributed by atoms with Gasteiger partial charge in [-0.3, -0.25) is 14.5 Å². The highest BCUT2D eigenvalue weighted by Gasteiger charge is 2.62. The zero-order valence-electron chi connectivity index (χ0n) is 23.4. The Morgan fingerprint density at radius 3 is 2.60 bits per heavy atom. The van der Waals surface area contributed by atoms with Crippen LogP contribution in [-0.4, -0.2) is 77.7 Å². The average Bonchev–Trinajstić information content (AvgIpc) is 3.46. The van der Waals surface area contributed by atoms with Gasteiger partial charge in [0, 0.05) is 29.9 Å². The molecule has 1 aromatic heterocycles. The number of methoxy groups -OCH3 is 1. The Morgan fingerprint density at radius 1 is 1.25 bits per heavy atom. The highest BCUT2D eigenvalue weighted by molar-refractivity contribution is 5.95. The molecule has 2 aromatic rings. The number of ether oxygens (including phenoxy) is 4. The molecule has 11 heteroatoms. The van der Waals surface area contributed by atoms with Crippen LogP contribution < -0.4 is 14.8 Å². The summed E-state index contributed by atoms with van der Waals surface area (Å²) < 4.78 is 22.4. The second kappa shape index (κ2) is 11.1. The van der Waals surface area contributed by atoms with E-state index in [2.05, 4.69) is 16.9 Å². The number of fused-ring (bicyclic) bond motifs is 1. The molecule has 2 amide bonds. The lowest BCUT2D eigenvalue weighted by molar-refractivity contribution is -0.149. The zero-order chi connectivity index (χ0) is 29.2. The maximum absolute atomic E-state index is 13.6. The maximum atomic E-state index is 13.6. The summed E-state index contributed by atoms with van der Waals surface area (Å²) in [4.78, 5) is 56.7. The molecule has 1 aromatic carbocycles. The minimum atomic E-state index is -1.22. The molecule has 1 aliphatic heterocycles. The Hall–Kier alpha value is -4.15. The van der Waals surface area contributed by atoms with E-state index in [0.29, 0.717) is 35.1 Å². The monoisotopic (exact) mass is 553 g/mol. The van der Waals surface area contributed by atoms with Crippen LogP contribution in [0.15, 0.2) is 36.9 Å². The first-order valence-corrected chi connectivity index (χ1v) is 13.2. The Morgan fingerprint density at radius 2 is 2.00 bits per heavy atom. The first-order chi connectivity index (χ1) is 18.9. The third kappa shape index (κ3) is 5.88. The Bertz CT molecular complexity index is 1340. The first kappa shape index (κ1) is 28.8. The van der Waals surface area contributed by atoms with Crippen LogP contribution in [0.5, 0.6) is 11.5 Å². The fraction of sp³-hybridized carbons (Fsp3) is 0.483. The van der Waals surface area contributed by atoms with E-state index in [4.69, 9.17) is 18.9 Å². The summed E-state index contributed by atoms with van der Waals surface area (Å²) in [5, 5.41) is 3.46. The SMILES string of the molecule is C=C[C@@H]1C[C@]1(NC(=O)[C@@H]1C[C@@H](Oc2cc(C=O)nc3cc(OC)ccc23)CN1C(=O)OC(C)(C)C)C(=O)OCC. The summed E-state index contributed by atoms with van der Waals surface area (Å²) >= 11 is 0. The highest BCUT2D eigenvalue weighted by Crippen LogP contribution is 2.45. The second-order valence-electron chi connectivity index (χ2n) is 10.9. The lowest BCUT2D eigenvalue weighted by Crippen LogP contribution is -2.53. The second-order valence-corrected chi connectivity index (χ2v) is 10.9. The molecule has 1 saturated carbocycles. The van der Waals surface area contributed by atoms with E-state index in [0.717, 1.165) is 0 Å². The van der Waals surface area contributed by atoms with E-state index in [9.17, 15) is 19.2 Å². The summed E-state index contributed by atoms with van der Waals surface area (Å²) in [5.41, 5.74) is -1.36. The normalized spacial score (nSPS) is 23.7. The summed E-state index contributed by atoms with van der Waals surface area (Å²) in [6.45, 7) is 10.9. The molecule has 0 spiro atoms. The molecule has 4 atom stereocenters. The molecule has 2 fully saturated rings. The number of nitrogens with one attached hydrogen (secondary N) is 1. The Balaban J connectivity index is 1.62. The number of hydrogen-bond donors (Lipinski definition) is 1. The molecule has 1 aliphatic carbocycles. The summed E-state index contributed by atoms with van der Waals surface area (Å²) in [7, 11) is 1.53. The number of pyridine rings is 1.